The van der Waals surface area contributed by atoms with Crippen LogP contribution in [0.1, 0.15) is 11.1 Å². The highest BCUT2D eigenvalue weighted by atomic mass is 19.1. The lowest BCUT2D eigenvalue weighted by Gasteiger charge is -2.29. The normalized spacial score (nSPS) is 15.0. The predicted molar refractivity (Wildman–Crippen MR) is 101 cm³/mol. The zero-order valence-corrected chi connectivity index (χ0v) is 14.9. The molecule has 0 bridgehead atoms. The highest BCUT2D eigenvalue weighted by molar-refractivity contribution is 5.79. The fourth-order valence-corrected chi connectivity index (χ4v) is 2.85. The van der Waals surface area contributed by atoms with Gasteiger partial charge in [0.1, 0.15) is 11.6 Å². The fourth-order valence-electron chi connectivity index (χ4n) is 2.85. The molecule has 138 valence electrons. The fraction of sp³-hybridized carbons (Fsp3) is 0.368. The van der Waals surface area contributed by atoms with Gasteiger partial charge in [-0.3, -0.25) is 4.99 Å². The summed E-state index contributed by atoms with van der Waals surface area (Å²) in [4.78, 5) is 11.0. The Morgan fingerprint density at radius 3 is 2.54 bits per heavy atom. The SMILES string of the molecule is CN=C(NCc1ccccc1F)NCc1cccnc1N1CCOCC1. The minimum atomic E-state index is -0.225. The molecular weight excluding hydrogens is 333 g/mol. The summed E-state index contributed by atoms with van der Waals surface area (Å²) in [5.74, 6) is 1.36. The van der Waals surface area contributed by atoms with Crippen LogP contribution in [-0.4, -0.2) is 44.3 Å². The van der Waals surface area contributed by atoms with E-state index >= 15 is 0 Å². The summed E-state index contributed by atoms with van der Waals surface area (Å²) in [5, 5.41) is 6.41. The number of ether oxygens (including phenoxy) is 1. The van der Waals surface area contributed by atoms with Crippen molar-refractivity contribution in [1.82, 2.24) is 15.6 Å². The Morgan fingerprint density at radius 2 is 1.81 bits per heavy atom. The van der Waals surface area contributed by atoms with Crippen molar-refractivity contribution in [1.29, 1.82) is 0 Å². The maximum atomic E-state index is 13.7. The van der Waals surface area contributed by atoms with Gasteiger partial charge in [0, 0.05) is 50.6 Å². The molecule has 0 aliphatic carbocycles. The van der Waals surface area contributed by atoms with Gasteiger partial charge in [-0.15, -0.1) is 0 Å². The molecule has 2 aromatic rings. The number of anilines is 1. The summed E-state index contributed by atoms with van der Waals surface area (Å²) in [6.07, 6.45) is 1.81. The third-order valence-electron chi connectivity index (χ3n) is 4.25. The van der Waals surface area contributed by atoms with E-state index in [0.29, 0.717) is 24.6 Å². The van der Waals surface area contributed by atoms with E-state index in [0.717, 1.165) is 37.7 Å². The van der Waals surface area contributed by atoms with Gasteiger partial charge in [-0.1, -0.05) is 24.3 Å². The van der Waals surface area contributed by atoms with Crippen LogP contribution in [0.25, 0.3) is 0 Å². The lowest BCUT2D eigenvalue weighted by molar-refractivity contribution is 0.122. The summed E-state index contributed by atoms with van der Waals surface area (Å²) in [7, 11) is 1.70. The van der Waals surface area contributed by atoms with Crippen molar-refractivity contribution in [3.8, 4) is 0 Å². The van der Waals surface area contributed by atoms with Gasteiger partial charge >= 0.3 is 0 Å². The van der Waals surface area contributed by atoms with E-state index in [1.165, 1.54) is 6.07 Å². The van der Waals surface area contributed by atoms with Crippen LogP contribution < -0.4 is 15.5 Å². The molecular formula is C19H24FN5O. The van der Waals surface area contributed by atoms with E-state index < -0.39 is 0 Å². The molecule has 2 N–H and O–H groups in total. The number of hydrogen-bond donors (Lipinski definition) is 2. The number of aliphatic imine (C=N–C) groups is 1. The van der Waals surface area contributed by atoms with Crippen LogP contribution >= 0.6 is 0 Å². The molecule has 1 aliphatic rings. The van der Waals surface area contributed by atoms with Gasteiger partial charge in [0.2, 0.25) is 0 Å². The summed E-state index contributed by atoms with van der Waals surface area (Å²) in [6.45, 7) is 4.06. The second kappa shape index (κ2) is 9.15. The first kappa shape index (κ1) is 18.1. The van der Waals surface area contributed by atoms with Crippen molar-refractivity contribution in [2.75, 3.05) is 38.3 Å². The monoisotopic (exact) mass is 357 g/mol. The van der Waals surface area contributed by atoms with Crippen LogP contribution in [0.2, 0.25) is 0 Å². The van der Waals surface area contributed by atoms with E-state index in [-0.39, 0.29) is 5.82 Å². The smallest absolute Gasteiger partial charge is 0.191 e. The van der Waals surface area contributed by atoms with Crippen LogP contribution in [0, 0.1) is 5.82 Å². The number of nitrogens with one attached hydrogen (secondary N) is 2. The van der Waals surface area contributed by atoms with Crippen LogP contribution in [0.4, 0.5) is 10.2 Å². The van der Waals surface area contributed by atoms with Crippen LogP contribution in [0.15, 0.2) is 47.6 Å². The maximum Gasteiger partial charge on any atom is 0.191 e. The Hall–Kier alpha value is -2.67. The van der Waals surface area contributed by atoms with Gasteiger partial charge in [-0.2, -0.15) is 0 Å². The van der Waals surface area contributed by atoms with Crippen LogP contribution in [0.5, 0.6) is 0 Å². The van der Waals surface area contributed by atoms with Gasteiger partial charge in [-0.05, 0) is 12.1 Å². The minimum Gasteiger partial charge on any atom is -0.378 e. The van der Waals surface area contributed by atoms with E-state index in [4.69, 9.17) is 4.74 Å². The number of guanidine groups is 1. The predicted octanol–water partition coefficient (Wildman–Crippen LogP) is 1.92. The summed E-state index contributed by atoms with van der Waals surface area (Å²) < 4.78 is 19.1. The summed E-state index contributed by atoms with van der Waals surface area (Å²) >= 11 is 0. The number of nitrogens with zero attached hydrogens (tertiary/aromatic N) is 3. The summed E-state index contributed by atoms with van der Waals surface area (Å²) in [5.41, 5.74) is 1.69. The molecule has 0 radical (unpaired) electrons. The van der Waals surface area contributed by atoms with Gasteiger partial charge in [-0.25, -0.2) is 9.37 Å². The molecule has 7 heteroatoms. The molecule has 0 unspecified atom stereocenters. The lowest BCUT2D eigenvalue weighted by Crippen LogP contribution is -2.39. The van der Waals surface area contributed by atoms with Crippen molar-refractivity contribution < 1.29 is 9.13 Å². The molecule has 26 heavy (non-hydrogen) atoms. The molecule has 0 atom stereocenters. The lowest BCUT2D eigenvalue weighted by atomic mass is 10.2. The van der Waals surface area contributed by atoms with E-state index in [1.807, 2.05) is 12.1 Å². The third kappa shape index (κ3) is 4.70. The van der Waals surface area contributed by atoms with Gasteiger partial charge < -0.3 is 20.3 Å². The molecule has 1 aliphatic heterocycles. The third-order valence-corrected chi connectivity index (χ3v) is 4.25. The molecule has 6 nitrogen and oxygen atoms in total. The highest BCUT2D eigenvalue weighted by Crippen LogP contribution is 2.18. The Kier molecular flexibility index (Phi) is 6.38. The van der Waals surface area contributed by atoms with Crippen LogP contribution in [0.3, 0.4) is 0 Å². The number of pyridine rings is 1. The van der Waals surface area contributed by atoms with E-state index in [9.17, 15) is 4.39 Å². The number of hydrogen-bond acceptors (Lipinski definition) is 4. The molecule has 3 rings (SSSR count). The largest absolute Gasteiger partial charge is 0.378 e. The zero-order chi connectivity index (χ0) is 18.2. The molecule has 1 saturated heterocycles. The zero-order valence-electron chi connectivity index (χ0n) is 14.9. The van der Waals surface area contributed by atoms with Crippen molar-refractivity contribution in [3.05, 3.63) is 59.5 Å². The molecule has 2 heterocycles. The standard InChI is InChI=1S/C19H24FN5O/c1-21-19(23-13-15-5-2-3-7-17(15)20)24-14-16-6-4-8-22-18(16)25-9-11-26-12-10-25/h2-8H,9-14H2,1H3,(H2,21,23,24). The van der Waals surface area contributed by atoms with Gasteiger partial charge in [0.15, 0.2) is 5.96 Å². The highest BCUT2D eigenvalue weighted by Gasteiger charge is 2.15. The number of halogens is 1. The number of morpholine rings is 1. The quantitative estimate of drug-likeness (QED) is 0.632. The maximum absolute atomic E-state index is 13.7. The van der Waals surface area contributed by atoms with Crippen molar-refractivity contribution in [2.45, 2.75) is 13.1 Å². The Labute approximate surface area is 153 Å². The van der Waals surface area contributed by atoms with Gasteiger partial charge in [0.25, 0.3) is 0 Å². The molecule has 1 aromatic heterocycles. The van der Waals surface area contributed by atoms with E-state index in [2.05, 4.69) is 31.6 Å². The molecule has 0 spiro atoms. The first-order chi connectivity index (χ1) is 12.8. The molecule has 1 aromatic carbocycles. The van der Waals surface area contributed by atoms with Crippen molar-refractivity contribution in [3.63, 3.8) is 0 Å². The Balaban J connectivity index is 1.59. The first-order valence-corrected chi connectivity index (χ1v) is 8.72. The average molecular weight is 357 g/mol. The average Bonchev–Trinajstić information content (AvgIpc) is 2.70. The molecule has 0 saturated carbocycles. The van der Waals surface area contributed by atoms with Crippen molar-refractivity contribution >= 4 is 11.8 Å². The van der Waals surface area contributed by atoms with Crippen LogP contribution in [-0.2, 0) is 17.8 Å². The molecule has 1 fully saturated rings. The first-order valence-electron chi connectivity index (χ1n) is 8.72. The minimum absolute atomic E-state index is 0.225. The Bertz CT molecular complexity index is 746. The second-order valence-electron chi connectivity index (χ2n) is 5.96. The van der Waals surface area contributed by atoms with Gasteiger partial charge in [0.05, 0.1) is 13.2 Å². The number of benzene rings is 1. The topological polar surface area (TPSA) is 61.8 Å². The Morgan fingerprint density at radius 1 is 1.12 bits per heavy atom. The second-order valence-corrected chi connectivity index (χ2v) is 5.96. The summed E-state index contributed by atoms with van der Waals surface area (Å²) in [6, 6.07) is 10.7. The van der Waals surface area contributed by atoms with Crippen molar-refractivity contribution in [2.24, 2.45) is 4.99 Å². The number of aromatic nitrogens is 1. The van der Waals surface area contributed by atoms with E-state index in [1.54, 1.807) is 25.4 Å². The molecule has 0 amide bonds. The number of rotatable bonds is 5.